The van der Waals surface area contributed by atoms with Crippen molar-refractivity contribution in [3.63, 3.8) is 0 Å². The number of ether oxygens (including phenoxy) is 2. The third-order valence-corrected chi connectivity index (χ3v) is 8.45. The van der Waals surface area contributed by atoms with Gasteiger partial charge in [-0.2, -0.15) is 0 Å². The molecule has 0 unspecified atom stereocenters. The zero-order valence-electron chi connectivity index (χ0n) is 17.2. The lowest BCUT2D eigenvalue weighted by Gasteiger charge is -2.57. The van der Waals surface area contributed by atoms with Crippen molar-refractivity contribution in [1.82, 2.24) is 0 Å². The molecular weight excluding hydrogens is 396 g/mol. The summed E-state index contributed by atoms with van der Waals surface area (Å²) in [5.41, 5.74) is -1.72. The van der Waals surface area contributed by atoms with Gasteiger partial charge in [-0.05, 0) is 37.2 Å². The summed E-state index contributed by atoms with van der Waals surface area (Å²) >= 11 is 6.62. The topological polar surface area (TPSA) is 89.9 Å². The fourth-order valence-electron chi connectivity index (χ4n) is 6.81. The van der Waals surface area contributed by atoms with E-state index in [0.29, 0.717) is 11.5 Å². The highest BCUT2D eigenvalue weighted by atomic mass is 35.5. The third-order valence-electron chi connectivity index (χ3n) is 8.12. The van der Waals surface area contributed by atoms with E-state index >= 15 is 0 Å². The largest absolute Gasteiger partial charge is 0.462 e. The molecule has 7 heteroatoms. The number of carbonyl (C=O) groups excluding carboxylic acids is 3. The van der Waals surface area contributed by atoms with Crippen molar-refractivity contribution in [3.8, 4) is 0 Å². The van der Waals surface area contributed by atoms with Gasteiger partial charge in [0.25, 0.3) is 0 Å². The van der Waals surface area contributed by atoms with Crippen molar-refractivity contribution in [2.75, 3.05) is 6.61 Å². The first-order valence-electron chi connectivity index (χ1n) is 10.1. The highest BCUT2D eigenvalue weighted by molar-refractivity contribution is 6.32. The van der Waals surface area contributed by atoms with Crippen LogP contribution in [0.1, 0.15) is 47.0 Å². The Kier molecular flexibility index (Phi) is 4.56. The number of fused-ring (bicyclic) bond motifs is 5. The van der Waals surface area contributed by atoms with E-state index in [1.165, 1.54) is 19.9 Å². The van der Waals surface area contributed by atoms with Crippen molar-refractivity contribution in [1.29, 1.82) is 0 Å². The maximum absolute atomic E-state index is 12.8. The number of hydrogen-bond acceptors (Lipinski definition) is 6. The number of aliphatic hydroxyl groups excluding tert-OH is 1. The predicted octanol–water partition coefficient (Wildman–Crippen LogP) is 2.92. The molecule has 6 nitrogen and oxygen atoms in total. The van der Waals surface area contributed by atoms with Gasteiger partial charge in [-0.25, -0.2) is 4.79 Å². The van der Waals surface area contributed by atoms with Crippen LogP contribution in [0.5, 0.6) is 0 Å². The zero-order chi connectivity index (χ0) is 21.4. The standard InChI is InChI=1S/C22H27ClO6/c1-11(24)22(29-12(2)25)9-17(26)19-13-7-16(23)15-8-18(27)28-10-20(15,3)14(13)5-6-21(19,22)4/h7-8,13-14,17,19,26H,5-6,9-10H2,1-4H3/t13-,14+,17+,19-,20-,21+,22+/m1/s1. The molecule has 29 heavy (non-hydrogen) atoms. The van der Waals surface area contributed by atoms with Crippen LogP contribution in [0, 0.1) is 28.6 Å². The van der Waals surface area contributed by atoms with Gasteiger partial charge < -0.3 is 14.6 Å². The van der Waals surface area contributed by atoms with Crippen molar-refractivity contribution in [2.24, 2.45) is 28.6 Å². The first-order chi connectivity index (χ1) is 13.5. The molecule has 0 spiro atoms. The summed E-state index contributed by atoms with van der Waals surface area (Å²) in [6.07, 6.45) is 4.03. The van der Waals surface area contributed by atoms with Crippen LogP contribution in [-0.4, -0.2) is 41.1 Å². The molecule has 7 atom stereocenters. The molecular formula is C22H27ClO6. The van der Waals surface area contributed by atoms with E-state index in [-0.39, 0.29) is 36.6 Å². The van der Waals surface area contributed by atoms with Gasteiger partial charge in [-0.3, -0.25) is 9.59 Å². The molecule has 4 aliphatic rings. The Hall–Kier alpha value is -1.66. The van der Waals surface area contributed by atoms with Gasteiger partial charge >= 0.3 is 11.9 Å². The maximum Gasteiger partial charge on any atom is 0.331 e. The van der Waals surface area contributed by atoms with Crippen molar-refractivity contribution >= 4 is 29.3 Å². The second kappa shape index (κ2) is 6.42. The van der Waals surface area contributed by atoms with Gasteiger partial charge in [-0.15, -0.1) is 0 Å². The minimum atomic E-state index is -1.34. The van der Waals surface area contributed by atoms with Crippen molar-refractivity contribution < 1.29 is 29.0 Å². The quantitative estimate of drug-likeness (QED) is 0.688. The van der Waals surface area contributed by atoms with Crippen LogP contribution in [0.3, 0.4) is 0 Å². The SMILES string of the molecule is CC(=O)O[C@]1(C(C)=O)C[C@H](O)[C@H]2[C@@H]3C=C(Cl)C4=CC(=O)OC[C@]4(C)[C@H]3CC[C@@]21C. The van der Waals surface area contributed by atoms with Gasteiger partial charge in [0.05, 0.1) is 6.10 Å². The molecule has 2 fully saturated rings. The Morgan fingerprint density at radius 1 is 1.31 bits per heavy atom. The summed E-state index contributed by atoms with van der Waals surface area (Å²) in [5.74, 6) is -1.47. The van der Waals surface area contributed by atoms with E-state index in [1.54, 1.807) is 0 Å². The number of halogens is 1. The maximum atomic E-state index is 12.8. The fourth-order valence-corrected chi connectivity index (χ4v) is 7.23. The molecule has 0 radical (unpaired) electrons. The molecule has 1 aliphatic heterocycles. The lowest BCUT2D eigenvalue weighted by molar-refractivity contribution is -0.186. The number of ketones is 1. The molecule has 2 saturated carbocycles. The summed E-state index contributed by atoms with van der Waals surface area (Å²) in [6, 6.07) is 0. The summed E-state index contributed by atoms with van der Waals surface area (Å²) in [6.45, 7) is 6.97. The fraction of sp³-hybridized carbons (Fsp3) is 0.682. The number of allylic oxidation sites excluding steroid dienone is 2. The monoisotopic (exact) mass is 422 g/mol. The number of carbonyl (C=O) groups is 3. The number of aliphatic hydroxyl groups is 1. The predicted molar refractivity (Wildman–Crippen MR) is 105 cm³/mol. The molecule has 1 heterocycles. The van der Waals surface area contributed by atoms with E-state index in [4.69, 9.17) is 21.1 Å². The number of Topliss-reactive ketones (excluding diaryl/α,β-unsaturated/α-hetero) is 1. The van der Waals surface area contributed by atoms with E-state index in [1.807, 2.05) is 19.9 Å². The summed E-state index contributed by atoms with van der Waals surface area (Å²) in [5, 5.41) is 11.6. The molecule has 0 aromatic rings. The van der Waals surface area contributed by atoms with Gasteiger partial charge in [0.2, 0.25) is 0 Å². The average molecular weight is 423 g/mol. The van der Waals surface area contributed by atoms with Gasteiger partial charge in [0, 0.05) is 41.2 Å². The number of cyclic esters (lactones) is 1. The first kappa shape index (κ1) is 20.6. The minimum absolute atomic E-state index is 0.0894. The highest BCUT2D eigenvalue weighted by Gasteiger charge is 2.70. The Balaban J connectivity index is 1.84. The van der Waals surface area contributed by atoms with Crippen LogP contribution < -0.4 is 0 Å². The van der Waals surface area contributed by atoms with E-state index < -0.39 is 34.5 Å². The Bertz CT molecular complexity index is 861. The van der Waals surface area contributed by atoms with Crippen LogP contribution in [0.2, 0.25) is 0 Å². The second-order valence-electron chi connectivity index (χ2n) is 9.51. The van der Waals surface area contributed by atoms with Crippen molar-refractivity contribution in [2.45, 2.75) is 58.7 Å². The number of hydrogen-bond donors (Lipinski definition) is 1. The van der Waals surface area contributed by atoms with Crippen molar-refractivity contribution in [3.05, 3.63) is 22.8 Å². The van der Waals surface area contributed by atoms with Gasteiger partial charge in [0.1, 0.15) is 6.61 Å². The van der Waals surface area contributed by atoms with Crippen LogP contribution in [0.4, 0.5) is 0 Å². The normalized spacial score (nSPS) is 45.8. The number of rotatable bonds is 2. The summed E-state index contributed by atoms with van der Waals surface area (Å²) in [7, 11) is 0. The molecule has 0 aromatic heterocycles. The van der Waals surface area contributed by atoms with Crippen LogP contribution in [0.25, 0.3) is 0 Å². The molecule has 0 saturated heterocycles. The smallest absolute Gasteiger partial charge is 0.331 e. The molecule has 4 rings (SSSR count). The second-order valence-corrected chi connectivity index (χ2v) is 9.92. The third kappa shape index (κ3) is 2.61. The Labute approximate surface area is 175 Å². The molecule has 0 bridgehead atoms. The molecule has 0 amide bonds. The average Bonchev–Trinajstić information content (AvgIpc) is 2.84. The zero-order valence-corrected chi connectivity index (χ0v) is 17.9. The molecule has 3 aliphatic carbocycles. The van der Waals surface area contributed by atoms with Crippen LogP contribution >= 0.6 is 11.6 Å². The minimum Gasteiger partial charge on any atom is -0.462 e. The Morgan fingerprint density at radius 2 is 2.00 bits per heavy atom. The van der Waals surface area contributed by atoms with E-state index in [2.05, 4.69) is 0 Å². The van der Waals surface area contributed by atoms with E-state index in [0.717, 1.165) is 12.0 Å². The molecule has 1 N–H and O–H groups in total. The lowest BCUT2D eigenvalue weighted by Crippen LogP contribution is -2.59. The van der Waals surface area contributed by atoms with Crippen LogP contribution in [-0.2, 0) is 23.9 Å². The van der Waals surface area contributed by atoms with Gasteiger partial charge in [0.15, 0.2) is 11.4 Å². The van der Waals surface area contributed by atoms with Crippen LogP contribution in [0.15, 0.2) is 22.8 Å². The summed E-state index contributed by atoms with van der Waals surface area (Å²) < 4.78 is 11.0. The van der Waals surface area contributed by atoms with E-state index in [9.17, 15) is 19.5 Å². The highest BCUT2D eigenvalue weighted by Crippen LogP contribution is 2.67. The molecule has 158 valence electrons. The lowest BCUT2D eigenvalue weighted by atomic mass is 9.49. The molecule has 0 aromatic carbocycles. The van der Waals surface area contributed by atoms with Gasteiger partial charge in [-0.1, -0.05) is 31.5 Å². The Morgan fingerprint density at radius 3 is 2.62 bits per heavy atom. The number of esters is 2. The first-order valence-corrected chi connectivity index (χ1v) is 10.5. The summed E-state index contributed by atoms with van der Waals surface area (Å²) in [4.78, 5) is 36.5.